The summed E-state index contributed by atoms with van der Waals surface area (Å²) in [6, 6.07) is 0.210. The molecule has 0 aliphatic carbocycles. The van der Waals surface area contributed by atoms with E-state index in [1.165, 1.54) is 0 Å². The lowest BCUT2D eigenvalue weighted by atomic mass is 10.1. The summed E-state index contributed by atoms with van der Waals surface area (Å²) in [6.07, 6.45) is 2.87. The molecule has 2 atom stereocenters. The summed E-state index contributed by atoms with van der Waals surface area (Å²) < 4.78 is 7.27. The van der Waals surface area contributed by atoms with Crippen molar-refractivity contribution in [3.63, 3.8) is 0 Å². The zero-order valence-electron chi connectivity index (χ0n) is 10.4. The van der Waals surface area contributed by atoms with Gasteiger partial charge in [0.1, 0.15) is 5.01 Å². The smallest absolute Gasteiger partial charge is 0.234 e. The second kappa shape index (κ2) is 4.91. The molecule has 3 heterocycles. The van der Waals surface area contributed by atoms with Crippen molar-refractivity contribution < 1.29 is 4.74 Å². The number of hydrogen-bond donors (Lipinski definition) is 1. The van der Waals surface area contributed by atoms with Gasteiger partial charge >= 0.3 is 0 Å². The van der Waals surface area contributed by atoms with Gasteiger partial charge in [-0.2, -0.15) is 9.61 Å². The molecule has 7 heteroatoms. The predicted molar refractivity (Wildman–Crippen MR) is 68.8 cm³/mol. The second-order valence-electron chi connectivity index (χ2n) is 4.82. The normalized spacial score (nSPS) is 21.8. The molecule has 2 N–H and O–H groups in total. The van der Waals surface area contributed by atoms with Gasteiger partial charge in [0.15, 0.2) is 5.82 Å². The fourth-order valence-electron chi connectivity index (χ4n) is 2.12. The number of fused-ring (bicyclic) bond motifs is 1. The molecule has 0 bridgehead atoms. The van der Waals surface area contributed by atoms with Crippen LogP contribution in [0.3, 0.4) is 0 Å². The van der Waals surface area contributed by atoms with E-state index in [9.17, 15) is 0 Å². The molecule has 98 valence electrons. The lowest BCUT2D eigenvalue weighted by Crippen LogP contribution is -2.15. The standard InChI is InChI=1S/C11H17N5OS/c1-7(12)2-3-9-15-16-10(8-4-5-17-6-8)13-14-11(16)18-9/h7-8H,2-6,12H2,1H3. The van der Waals surface area contributed by atoms with Crippen molar-refractivity contribution in [2.45, 2.75) is 38.1 Å². The van der Waals surface area contributed by atoms with Crippen LogP contribution in [0.4, 0.5) is 0 Å². The molecule has 0 saturated carbocycles. The van der Waals surface area contributed by atoms with Crippen LogP contribution in [0.1, 0.15) is 36.5 Å². The molecule has 1 saturated heterocycles. The third-order valence-electron chi connectivity index (χ3n) is 3.17. The van der Waals surface area contributed by atoms with E-state index in [0.29, 0.717) is 5.92 Å². The maximum absolute atomic E-state index is 5.76. The van der Waals surface area contributed by atoms with Gasteiger partial charge < -0.3 is 10.5 Å². The van der Waals surface area contributed by atoms with Crippen LogP contribution < -0.4 is 5.73 Å². The number of hydrogen-bond acceptors (Lipinski definition) is 6. The van der Waals surface area contributed by atoms with Crippen molar-refractivity contribution in [1.29, 1.82) is 0 Å². The molecule has 1 aliphatic rings. The average Bonchev–Trinajstić information content (AvgIpc) is 3.01. The van der Waals surface area contributed by atoms with Gasteiger partial charge in [-0.3, -0.25) is 0 Å². The van der Waals surface area contributed by atoms with Gasteiger partial charge in [0, 0.05) is 25.0 Å². The van der Waals surface area contributed by atoms with E-state index in [2.05, 4.69) is 15.3 Å². The van der Waals surface area contributed by atoms with Crippen molar-refractivity contribution in [1.82, 2.24) is 19.8 Å². The first-order valence-electron chi connectivity index (χ1n) is 6.28. The quantitative estimate of drug-likeness (QED) is 0.893. The van der Waals surface area contributed by atoms with Crippen LogP contribution in [-0.2, 0) is 11.2 Å². The Labute approximate surface area is 109 Å². The SMILES string of the molecule is CC(N)CCc1nn2c(C3CCOC3)nnc2s1. The molecule has 6 nitrogen and oxygen atoms in total. The average molecular weight is 267 g/mol. The van der Waals surface area contributed by atoms with Gasteiger partial charge in [-0.1, -0.05) is 11.3 Å². The number of nitrogens with two attached hydrogens (primary N) is 1. The highest BCUT2D eigenvalue weighted by Crippen LogP contribution is 2.25. The highest BCUT2D eigenvalue weighted by Gasteiger charge is 2.24. The summed E-state index contributed by atoms with van der Waals surface area (Å²) in [5, 5.41) is 14.1. The predicted octanol–water partition coefficient (Wildman–Crippen LogP) is 0.969. The molecule has 0 radical (unpaired) electrons. The summed E-state index contributed by atoms with van der Waals surface area (Å²) in [5.41, 5.74) is 5.76. The van der Waals surface area contributed by atoms with Gasteiger partial charge in [-0.05, 0) is 19.8 Å². The van der Waals surface area contributed by atoms with Gasteiger partial charge in [0.25, 0.3) is 0 Å². The Balaban J connectivity index is 1.83. The first-order valence-corrected chi connectivity index (χ1v) is 7.10. The first kappa shape index (κ1) is 12.0. The van der Waals surface area contributed by atoms with E-state index in [0.717, 1.165) is 48.3 Å². The van der Waals surface area contributed by atoms with Crippen LogP contribution in [0.15, 0.2) is 0 Å². The Morgan fingerprint density at radius 1 is 1.56 bits per heavy atom. The lowest BCUT2D eigenvalue weighted by Gasteiger charge is -2.02. The van der Waals surface area contributed by atoms with E-state index in [4.69, 9.17) is 10.5 Å². The second-order valence-corrected chi connectivity index (χ2v) is 5.87. The fraction of sp³-hybridized carbons (Fsp3) is 0.727. The number of ether oxygens (including phenoxy) is 1. The van der Waals surface area contributed by atoms with Crippen LogP contribution in [0, 0.1) is 0 Å². The number of aromatic nitrogens is 4. The highest BCUT2D eigenvalue weighted by atomic mass is 32.1. The van der Waals surface area contributed by atoms with Crippen LogP contribution in [0.2, 0.25) is 0 Å². The maximum Gasteiger partial charge on any atom is 0.234 e. The van der Waals surface area contributed by atoms with Crippen molar-refractivity contribution in [2.24, 2.45) is 5.73 Å². The molecule has 3 rings (SSSR count). The van der Waals surface area contributed by atoms with Gasteiger partial charge in [0.05, 0.1) is 6.61 Å². The summed E-state index contributed by atoms with van der Waals surface area (Å²) in [6.45, 7) is 3.55. The van der Waals surface area contributed by atoms with E-state index in [-0.39, 0.29) is 6.04 Å². The van der Waals surface area contributed by atoms with E-state index in [1.54, 1.807) is 11.3 Å². The molecule has 1 fully saturated rings. The van der Waals surface area contributed by atoms with E-state index >= 15 is 0 Å². The monoisotopic (exact) mass is 267 g/mol. The fourth-order valence-corrected chi connectivity index (χ4v) is 2.97. The minimum atomic E-state index is 0.210. The minimum Gasteiger partial charge on any atom is -0.381 e. The Bertz CT molecular complexity index is 529. The van der Waals surface area contributed by atoms with Crippen LogP contribution in [0.25, 0.3) is 4.96 Å². The Morgan fingerprint density at radius 2 is 2.44 bits per heavy atom. The summed E-state index contributed by atoms with van der Waals surface area (Å²) in [5.74, 6) is 1.27. The van der Waals surface area contributed by atoms with Crippen LogP contribution in [-0.4, -0.2) is 39.1 Å². The Hall–Kier alpha value is -1.05. The third kappa shape index (κ3) is 2.25. The summed E-state index contributed by atoms with van der Waals surface area (Å²) >= 11 is 1.60. The van der Waals surface area contributed by atoms with Crippen molar-refractivity contribution in [3.05, 3.63) is 10.8 Å². The molecule has 0 amide bonds. The van der Waals surface area contributed by atoms with E-state index in [1.807, 2.05) is 11.4 Å². The number of nitrogens with zero attached hydrogens (tertiary/aromatic N) is 4. The van der Waals surface area contributed by atoms with Gasteiger partial charge in [-0.25, -0.2) is 0 Å². The Kier molecular flexibility index (Phi) is 3.27. The van der Waals surface area contributed by atoms with Crippen LogP contribution in [0.5, 0.6) is 0 Å². The summed E-state index contributed by atoms with van der Waals surface area (Å²) in [7, 11) is 0. The zero-order valence-corrected chi connectivity index (χ0v) is 11.2. The highest BCUT2D eigenvalue weighted by molar-refractivity contribution is 7.16. The molecule has 18 heavy (non-hydrogen) atoms. The molecule has 2 aromatic rings. The maximum atomic E-state index is 5.76. The zero-order chi connectivity index (χ0) is 12.5. The van der Waals surface area contributed by atoms with Crippen molar-refractivity contribution in [3.8, 4) is 0 Å². The molecule has 0 aromatic carbocycles. The Morgan fingerprint density at radius 3 is 3.17 bits per heavy atom. The van der Waals surface area contributed by atoms with Crippen molar-refractivity contribution in [2.75, 3.05) is 13.2 Å². The number of aryl methyl sites for hydroxylation is 1. The number of rotatable bonds is 4. The molecule has 0 spiro atoms. The van der Waals surface area contributed by atoms with Gasteiger partial charge in [0.2, 0.25) is 4.96 Å². The third-order valence-corrected chi connectivity index (χ3v) is 4.12. The molecular weight excluding hydrogens is 250 g/mol. The molecular formula is C11H17N5OS. The van der Waals surface area contributed by atoms with E-state index < -0.39 is 0 Å². The van der Waals surface area contributed by atoms with Crippen molar-refractivity contribution >= 4 is 16.3 Å². The molecule has 2 aromatic heterocycles. The van der Waals surface area contributed by atoms with Crippen LogP contribution >= 0.6 is 11.3 Å². The minimum absolute atomic E-state index is 0.210. The molecule has 2 unspecified atom stereocenters. The van der Waals surface area contributed by atoms with Gasteiger partial charge in [-0.15, -0.1) is 10.2 Å². The molecule has 1 aliphatic heterocycles. The first-order chi connectivity index (χ1) is 8.74. The lowest BCUT2D eigenvalue weighted by molar-refractivity contribution is 0.193. The topological polar surface area (TPSA) is 78.3 Å². The summed E-state index contributed by atoms with van der Waals surface area (Å²) in [4.78, 5) is 0.872. The largest absolute Gasteiger partial charge is 0.381 e.